The maximum atomic E-state index is 12.5. The van der Waals surface area contributed by atoms with E-state index in [4.69, 9.17) is 16.6 Å². The van der Waals surface area contributed by atoms with Crippen LogP contribution >= 0.6 is 11.6 Å². The molecule has 0 saturated heterocycles. The lowest BCUT2D eigenvalue weighted by atomic mass is 9.98. The molecule has 8 nitrogen and oxygen atoms in total. The van der Waals surface area contributed by atoms with Crippen LogP contribution in [0.25, 0.3) is 22.2 Å². The minimum atomic E-state index is -3.71. The second-order valence-electron chi connectivity index (χ2n) is 8.49. The molecule has 3 aromatic carbocycles. The number of aromatic nitrogens is 2. The normalized spacial score (nSPS) is 11.6. The van der Waals surface area contributed by atoms with E-state index in [1.807, 2.05) is 35.3 Å². The summed E-state index contributed by atoms with van der Waals surface area (Å²) >= 11 is 6.65. The number of nitrogens with zero attached hydrogens (tertiary/aromatic N) is 2. The van der Waals surface area contributed by atoms with Crippen LogP contribution in [0.3, 0.4) is 0 Å². The van der Waals surface area contributed by atoms with Gasteiger partial charge >= 0.3 is 5.97 Å². The van der Waals surface area contributed by atoms with Crippen molar-refractivity contribution in [2.24, 2.45) is 0 Å². The Balaban J connectivity index is 1.77. The van der Waals surface area contributed by atoms with Gasteiger partial charge in [-0.15, -0.1) is 0 Å². The van der Waals surface area contributed by atoms with Crippen molar-refractivity contribution in [1.29, 1.82) is 0 Å². The zero-order chi connectivity index (χ0) is 26.2. The standard InChI is InChI=1S/C26H24ClN3O5S/c1-4-23-28-24-15(2)11-18(25(31)29-36(3,34)35)13-22(24)30(23)14-17-10-9-16(12-21(17)27)19-7-5-6-8-20(19)26(32)33/h5-13H,4,14H2,1-3H3,(H,29,31)(H,32,33). The van der Waals surface area contributed by atoms with Gasteiger partial charge in [-0.1, -0.05) is 48.9 Å². The molecule has 36 heavy (non-hydrogen) atoms. The van der Waals surface area contributed by atoms with Crippen molar-refractivity contribution in [3.63, 3.8) is 0 Å². The van der Waals surface area contributed by atoms with E-state index in [1.54, 1.807) is 42.5 Å². The minimum Gasteiger partial charge on any atom is -0.478 e. The molecule has 0 fully saturated rings. The molecule has 0 spiro atoms. The zero-order valence-corrected chi connectivity index (χ0v) is 21.4. The maximum absolute atomic E-state index is 12.5. The van der Waals surface area contributed by atoms with Crippen LogP contribution in [-0.2, 0) is 23.0 Å². The van der Waals surface area contributed by atoms with E-state index in [-0.39, 0.29) is 11.1 Å². The molecule has 1 heterocycles. The molecule has 1 amide bonds. The Morgan fingerprint density at radius 1 is 1.11 bits per heavy atom. The van der Waals surface area contributed by atoms with Gasteiger partial charge in [-0.05, 0) is 53.4 Å². The molecule has 0 saturated carbocycles. The Morgan fingerprint density at radius 3 is 2.47 bits per heavy atom. The maximum Gasteiger partial charge on any atom is 0.336 e. The Kier molecular flexibility index (Phi) is 6.88. The van der Waals surface area contributed by atoms with Crippen LogP contribution in [0.1, 0.15) is 44.6 Å². The minimum absolute atomic E-state index is 0.186. The summed E-state index contributed by atoms with van der Waals surface area (Å²) in [7, 11) is -3.71. The largest absolute Gasteiger partial charge is 0.478 e. The van der Waals surface area contributed by atoms with Crippen molar-refractivity contribution < 1.29 is 23.1 Å². The first-order valence-corrected chi connectivity index (χ1v) is 13.4. The van der Waals surface area contributed by atoms with Crippen molar-refractivity contribution >= 4 is 44.5 Å². The lowest BCUT2D eigenvalue weighted by Crippen LogP contribution is -2.29. The molecule has 0 unspecified atom stereocenters. The number of hydrogen-bond acceptors (Lipinski definition) is 5. The van der Waals surface area contributed by atoms with Gasteiger partial charge in [-0.25, -0.2) is 22.9 Å². The summed E-state index contributed by atoms with van der Waals surface area (Å²) in [5.74, 6) is -0.952. The summed E-state index contributed by atoms with van der Waals surface area (Å²) in [5.41, 5.74) is 4.57. The number of rotatable bonds is 7. The summed E-state index contributed by atoms with van der Waals surface area (Å²) in [6.45, 7) is 4.14. The van der Waals surface area contributed by atoms with Gasteiger partial charge in [0.1, 0.15) is 5.82 Å². The van der Waals surface area contributed by atoms with Crippen LogP contribution in [0, 0.1) is 6.92 Å². The fourth-order valence-corrected chi connectivity index (χ4v) is 4.88. The van der Waals surface area contributed by atoms with E-state index >= 15 is 0 Å². The van der Waals surface area contributed by atoms with Gasteiger partial charge in [0.2, 0.25) is 10.0 Å². The second kappa shape index (κ2) is 9.75. The van der Waals surface area contributed by atoms with Gasteiger partial charge < -0.3 is 9.67 Å². The second-order valence-corrected chi connectivity index (χ2v) is 10.6. The average Bonchev–Trinajstić information content (AvgIpc) is 3.17. The predicted octanol–water partition coefficient (Wildman–Crippen LogP) is 4.66. The molecular formula is C26H24ClN3O5S. The molecule has 0 radical (unpaired) electrons. The van der Waals surface area contributed by atoms with Gasteiger partial charge in [0.05, 0.1) is 29.4 Å². The fraction of sp³-hybridized carbons (Fsp3) is 0.192. The van der Waals surface area contributed by atoms with Gasteiger partial charge in [-0.2, -0.15) is 0 Å². The Bertz CT molecular complexity index is 1630. The van der Waals surface area contributed by atoms with E-state index < -0.39 is 21.9 Å². The molecule has 186 valence electrons. The summed E-state index contributed by atoms with van der Waals surface area (Å²) in [6, 6.07) is 15.4. The first-order valence-electron chi connectivity index (χ1n) is 11.1. The number of nitrogens with one attached hydrogen (secondary N) is 1. The van der Waals surface area contributed by atoms with Crippen LogP contribution in [0.4, 0.5) is 0 Å². The molecule has 0 atom stereocenters. The van der Waals surface area contributed by atoms with Crippen LogP contribution in [0.15, 0.2) is 54.6 Å². The molecule has 0 bridgehead atoms. The van der Waals surface area contributed by atoms with Gasteiger partial charge in [-0.3, -0.25) is 4.79 Å². The van der Waals surface area contributed by atoms with Crippen LogP contribution < -0.4 is 4.72 Å². The predicted molar refractivity (Wildman–Crippen MR) is 139 cm³/mol. The number of carboxylic acid groups (broad SMARTS) is 1. The molecule has 10 heteroatoms. The Labute approximate surface area is 213 Å². The quantitative estimate of drug-likeness (QED) is 0.362. The number of aromatic carboxylic acids is 1. The third kappa shape index (κ3) is 5.12. The van der Waals surface area contributed by atoms with Gasteiger partial charge in [0.25, 0.3) is 5.91 Å². The third-order valence-corrected chi connectivity index (χ3v) is 6.74. The number of amides is 1. The number of carbonyl (C=O) groups excluding carboxylic acids is 1. The van der Waals surface area contributed by atoms with Crippen molar-refractivity contribution in [3.05, 3.63) is 87.7 Å². The van der Waals surface area contributed by atoms with Gasteiger partial charge in [0.15, 0.2) is 0 Å². The van der Waals surface area contributed by atoms with E-state index in [2.05, 4.69) is 0 Å². The fourth-order valence-electron chi connectivity index (χ4n) is 4.18. The van der Waals surface area contributed by atoms with Gasteiger partial charge in [0, 0.05) is 17.0 Å². The van der Waals surface area contributed by atoms with Crippen LogP contribution in [0.2, 0.25) is 5.02 Å². The van der Waals surface area contributed by atoms with E-state index in [9.17, 15) is 23.1 Å². The number of benzene rings is 3. The number of fused-ring (bicyclic) bond motifs is 1. The first-order chi connectivity index (χ1) is 17.0. The summed E-state index contributed by atoms with van der Waals surface area (Å²) in [4.78, 5) is 28.9. The topological polar surface area (TPSA) is 118 Å². The zero-order valence-electron chi connectivity index (χ0n) is 19.9. The molecule has 0 aliphatic rings. The number of carboxylic acids is 1. The van der Waals surface area contributed by atoms with Crippen LogP contribution in [0.5, 0.6) is 0 Å². The number of sulfonamides is 1. The molecule has 4 rings (SSSR count). The molecule has 0 aliphatic heterocycles. The Morgan fingerprint density at radius 2 is 1.83 bits per heavy atom. The van der Waals surface area contributed by atoms with E-state index in [1.165, 1.54) is 0 Å². The van der Waals surface area contributed by atoms with E-state index in [0.717, 1.165) is 23.2 Å². The number of carbonyl (C=O) groups is 2. The van der Waals surface area contributed by atoms with Crippen LogP contribution in [-0.4, -0.2) is 41.2 Å². The highest BCUT2D eigenvalue weighted by Crippen LogP contribution is 2.30. The average molecular weight is 526 g/mol. The smallest absolute Gasteiger partial charge is 0.336 e. The third-order valence-electron chi connectivity index (χ3n) is 5.83. The molecule has 2 N–H and O–H groups in total. The highest BCUT2D eigenvalue weighted by atomic mass is 35.5. The first kappa shape index (κ1) is 25.4. The van der Waals surface area contributed by atoms with Crippen molar-refractivity contribution in [1.82, 2.24) is 14.3 Å². The van der Waals surface area contributed by atoms with Crippen molar-refractivity contribution in [2.75, 3.05) is 6.26 Å². The lowest BCUT2D eigenvalue weighted by molar-refractivity contribution is 0.0697. The number of imidazole rings is 1. The molecule has 0 aliphatic carbocycles. The van der Waals surface area contributed by atoms with E-state index in [0.29, 0.717) is 40.1 Å². The summed E-state index contributed by atoms with van der Waals surface area (Å²) in [5, 5.41) is 9.98. The highest BCUT2D eigenvalue weighted by molar-refractivity contribution is 7.89. The Hall–Kier alpha value is -3.69. The monoisotopic (exact) mass is 525 g/mol. The number of aryl methyl sites for hydroxylation is 2. The molecular weight excluding hydrogens is 502 g/mol. The number of halogens is 1. The lowest BCUT2D eigenvalue weighted by Gasteiger charge is -2.13. The number of hydrogen-bond donors (Lipinski definition) is 2. The van der Waals surface area contributed by atoms with Crippen molar-refractivity contribution in [2.45, 2.75) is 26.8 Å². The molecule has 1 aromatic heterocycles. The summed E-state index contributed by atoms with van der Waals surface area (Å²) < 4.78 is 27.1. The van der Waals surface area contributed by atoms with Crippen molar-refractivity contribution in [3.8, 4) is 11.1 Å². The SMILES string of the molecule is CCc1nc2c(C)cc(C(=O)NS(C)(=O)=O)cc2n1Cc1ccc(-c2ccccc2C(=O)O)cc1Cl. The summed E-state index contributed by atoms with van der Waals surface area (Å²) in [6.07, 6.45) is 1.55. The highest BCUT2D eigenvalue weighted by Gasteiger charge is 2.19. The molecule has 4 aromatic rings.